The third-order valence-electron chi connectivity index (χ3n) is 4.74. The van der Waals surface area contributed by atoms with E-state index in [9.17, 15) is 0 Å². The van der Waals surface area contributed by atoms with Crippen LogP contribution >= 0.6 is 0 Å². The molecule has 0 bridgehead atoms. The van der Waals surface area contributed by atoms with Gasteiger partial charge in [0.1, 0.15) is 0 Å². The average Bonchev–Trinajstić information content (AvgIpc) is 2.39. The first-order valence-corrected chi connectivity index (χ1v) is 8.20. The fourth-order valence-corrected chi connectivity index (χ4v) is 3.85. The number of piperazine rings is 1. The van der Waals surface area contributed by atoms with Crippen molar-refractivity contribution in [3.8, 4) is 0 Å². The molecule has 0 radical (unpaired) electrons. The molecule has 0 amide bonds. The summed E-state index contributed by atoms with van der Waals surface area (Å²) in [6.45, 7) is 12.1. The number of hydrogen-bond donors (Lipinski definition) is 1. The van der Waals surface area contributed by atoms with E-state index >= 15 is 0 Å². The molecular weight excluding hydrogens is 234 g/mol. The maximum absolute atomic E-state index is 3.44. The van der Waals surface area contributed by atoms with Gasteiger partial charge in [0.2, 0.25) is 0 Å². The molecule has 1 saturated heterocycles. The van der Waals surface area contributed by atoms with Crippen LogP contribution in [-0.4, -0.2) is 62.2 Å². The van der Waals surface area contributed by atoms with Crippen molar-refractivity contribution in [1.82, 2.24) is 15.1 Å². The summed E-state index contributed by atoms with van der Waals surface area (Å²) in [5.74, 6) is 0. The first-order valence-electron chi connectivity index (χ1n) is 8.20. The molecule has 112 valence electrons. The molecule has 2 aliphatic rings. The van der Waals surface area contributed by atoms with E-state index in [4.69, 9.17) is 0 Å². The highest BCUT2D eigenvalue weighted by Crippen LogP contribution is 2.25. The lowest BCUT2D eigenvalue weighted by atomic mass is 9.88. The summed E-state index contributed by atoms with van der Waals surface area (Å²) in [7, 11) is 2.34. The lowest BCUT2D eigenvalue weighted by Crippen LogP contribution is -2.50. The fourth-order valence-electron chi connectivity index (χ4n) is 3.85. The summed E-state index contributed by atoms with van der Waals surface area (Å²) < 4.78 is 0. The maximum Gasteiger partial charge on any atom is 0.0108 e. The third-order valence-corrected chi connectivity index (χ3v) is 4.74. The molecule has 0 atom stereocenters. The molecule has 3 nitrogen and oxygen atoms in total. The molecule has 2 fully saturated rings. The maximum atomic E-state index is 3.44. The highest BCUT2D eigenvalue weighted by Gasteiger charge is 2.27. The Morgan fingerprint density at radius 1 is 1.11 bits per heavy atom. The Balaban J connectivity index is 1.77. The van der Waals surface area contributed by atoms with Gasteiger partial charge in [-0.2, -0.15) is 0 Å². The monoisotopic (exact) mass is 267 g/mol. The summed E-state index contributed by atoms with van der Waals surface area (Å²) in [5, 5.41) is 3.44. The van der Waals surface area contributed by atoms with Crippen LogP contribution in [0.15, 0.2) is 0 Å². The lowest BCUT2D eigenvalue weighted by molar-refractivity contribution is 0.0919. The van der Waals surface area contributed by atoms with Crippen LogP contribution in [0.1, 0.15) is 46.0 Å². The van der Waals surface area contributed by atoms with E-state index in [1.807, 2.05) is 0 Å². The molecule has 0 aromatic heterocycles. The molecule has 2 rings (SSSR count). The molecule has 1 N–H and O–H groups in total. The van der Waals surface area contributed by atoms with Crippen molar-refractivity contribution in [3.05, 3.63) is 0 Å². The normalized spacial score (nSPS) is 24.0. The van der Waals surface area contributed by atoms with Gasteiger partial charge in [0, 0.05) is 45.3 Å². The summed E-state index contributed by atoms with van der Waals surface area (Å²) in [6, 6.07) is 0.844. The van der Waals surface area contributed by atoms with Crippen LogP contribution in [0.5, 0.6) is 0 Å². The number of hydrogen-bond acceptors (Lipinski definition) is 3. The van der Waals surface area contributed by atoms with Gasteiger partial charge in [-0.15, -0.1) is 0 Å². The van der Waals surface area contributed by atoms with Gasteiger partial charge in [0.25, 0.3) is 0 Å². The Morgan fingerprint density at radius 2 is 1.74 bits per heavy atom. The van der Waals surface area contributed by atoms with Gasteiger partial charge in [-0.05, 0) is 25.3 Å². The molecule has 0 unspecified atom stereocenters. The SMILES string of the molecule is CN(CC(C)(C)CN1CCNCC1)C1CCCCC1. The molecule has 0 spiro atoms. The Bertz CT molecular complexity index is 253. The largest absolute Gasteiger partial charge is 0.314 e. The molecule has 3 heteroatoms. The zero-order chi connectivity index (χ0) is 13.7. The van der Waals surface area contributed by atoms with Gasteiger partial charge >= 0.3 is 0 Å². The van der Waals surface area contributed by atoms with Gasteiger partial charge in [-0.25, -0.2) is 0 Å². The minimum atomic E-state index is 0.406. The Hall–Kier alpha value is -0.120. The first kappa shape index (κ1) is 15.3. The Kier molecular flexibility index (Phi) is 5.67. The van der Waals surface area contributed by atoms with E-state index < -0.39 is 0 Å². The van der Waals surface area contributed by atoms with E-state index in [0.717, 1.165) is 19.1 Å². The number of nitrogens with zero attached hydrogens (tertiary/aromatic N) is 2. The second-order valence-corrected chi connectivity index (χ2v) is 7.40. The predicted octanol–water partition coefficient (Wildman–Crippen LogP) is 2.18. The van der Waals surface area contributed by atoms with Crippen LogP contribution in [0.25, 0.3) is 0 Å². The average molecular weight is 267 g/mol. The van der Waals surface area contributed by atoms with Crippen LogP contribution in [-0.2, 0) is 0 Å². The molecule has 0 aromatic carbocycles. The van der Waals surface area contributed by atoms with E-state index in [2.05, 4.69) is 36.0 Å². The van der Waals surface area contributed by atoms with Crippen molar-refractivity contribution in [2.24, 2.45) is 5.41 Å². The smallest absolute Gasteiger partial charge is 0.0108 e. The van der Waals surface area contributed by atoms with Crippen molar-refractivity contribution < 1.29 is 0 Å². The van der Waals surface area contributed by atoms with Crippen molar-refractivity contribution in [3.63, 3.8) is 0 Å². The van der Waals surface area contributed by atoms with Crippen molar-refractivity contribution in [1.29, 1.82) is 0 Å². The number of rotatable bonds is 5. The highest BCUT2D eigenvalue weighted by atomic mass is 15.2. The zero-order valence-electron chi connectivity index (χ0n) is 13.2. The minimum Gasteiger partial charge on any atom is -0.314 e. The van der Waals surface area contributed by atoms with Crippen molar-refractivity contribution in [2.75, 3.05) is 46.3 Å². The fraction of sp³-hybridized carbons (Fsp3) is 1.00. The quantitative estimate of drug-likeness (QED) is 0.824. The van der Waals surface area contributed by atoms with Crippen molar-refractivity contribution >= 4 is 0 Å². The van der Waals surface area contributed by atoms with Crippen LogP contribution in [0.4, 0.5) is 0 Å². The second kappa shape index (κ2) is 7.05. The Labute approximate surface area is 119 Å². The topological polar surface area (TPSA) is 18.5 Å². The van der Waals surface area contributed by atoms with E-state index in [1.165, 1.54) is 58.3 Å². The van der Waals surface area contributed by atoms with Gasteiger partial charge in [0.05, 0.1) is 0 Å². The second-order valence-electron chi connectivity index (χ2n) is 7.40. The molecule has 0 aromatic rings. The van der Waals surface area contributed by atoms with Gasteiger partial charge in [-0.3, -0.25) is 0 Å². The van der Waals surface area contributed by atoms with E-state index in [-0.39, 0.29) is 0 Å². The highest BCUT2D eigenvalue weighted by molar-refractivity contribution is 4.82. The van der Waals surface area contributed by atoms with E-state index in [0.29, 0.717) is 5.41 Å². The van der Waals surface area contributed by atoms with Gasteiger partial charge in [0.15, 0.2) is 0 Å². The first-order chi connectivity index (χ1) is 9.07. The molecule has 1 saturated carbocycles. The van der Waals surface area contributed by atoms with Crippen LogP contribution in [0.2, 0.25) is 0 Å². The summed E-state index contributed by atoms with van der Waals surface area (Å²) >= 11 is 0. The third kappa shape index (κ3) is 5.05. The predicted molar refractivity (Wildman–Crippen MR) is 82.6 cm³/mol. The molecule has 1 aliphatic heterocycles. The standard InChI is InChI=1S/C16H33N3/c1-16(2,14-19-11-9-17-10-12-19)13-18(3)15-7-5-4-6-8-15/h15,17H,4-14H2,1-3H3. The van der Waals surface area contributed by atoms with Gasteiger partial charge < -0.3 is 15.1 Å². The summed E-state index contributed by atoms with van der Waals surface area (Å²) in [5.41, 5.74) is 0.406. The molecule has 1 heterocycles. The van der Waals surface area contributed by atoms with Crippen LogP contribution in [0, 0.1) is 5.41 Å². The Morgan fingerprint density at radius 3 is 2.37 bits per heavy atom. The molecular formula is C16H33N3. The van der Waals surface area contributed by atoms with Crippen LogP contribution in [0.3, 0.4) is 0 Å². The number of nitrogens with one attached hydrogen (secondary N) is 1. The lowest BCUT2D eigenvalue weighted by Gasteiger charge is -2.40. The molecule has 19 heavy (non-hydrogen) atoms. The van der Waals surface area contributed by atoms with Crippen molar-refractivity contribution in [2.45, 2.75) is 52.0 Å². The van der Waals surface area contributed by atoms with E-state index in [1.54, 1.807) is 0 Å². The zero-order valence-corrected chi connectivity index (χ0v) is 13.2. The molecule has 1 aliphatic carbocycles. The van der Waals surface area contributed by atoms with Gasteiger partial charge in [-0.1, -0.05) is 33.1 Å². The van der Waals surface area contributed by atoms with Crippen LogP contribution < -0.4 is 5.32 Å². The summed E-state index contributed by atoms with van der Waals surface area (Å²) in [6.07, 6.45) is 7.16. The summed E-state index contributed by atoms with van der Waals surface area (Å²) in [4.78, 5) is 5.27. The minimum absolute atomic E-state index is 0.406.